The molecule has 0 aromatic heterocycles. The molecule has 27 heavy (non-hydrogen) atoms. The van der Waals surface area contributed by atoms with Crippen LogP contribution in [0.4, 0.5) is 0 Å². The predicted molar refractivity (Wildman–Crippen MR) is 99.6 cm³/mol. The number of hydrogen-bond donors (Lipinski definition) is 2. The fourth-order valence-electron chi connectivity index (χ4n) is 3.06. The van der Waals surface area contributed by atoms with Gasteiger partial charge >= 0.3 is 0 Å². The van der Waals surface area contributed by atoms with Crippen LogP contribution in [0.1, 0.15) is 6.42 Å². The van der Waals surface area contributed by atoms with Crippen LogP contribution < -0.4 is 16.0 Å². The number of nitrogens with two attached hydrogens (primary N) is 1. The third-order valence-electron chi connectivity index (χ3n) is 4.56. The summed E-state index contributed by atoms with van der Waals surface area (Å²) in [4.78, 5) is 38.8. The molecular weight excluding hydrogens is 348 g/mol. The lowest BCUT2D eigenvalue weighted by atomic mass is 10.1. The zero-order chi connectivity index (χ0) is 19.2. The quantitative estimate of drug-likeness (QED) is 0.340. The van der Waals surface area contributed by atoms with Crippen LogP contribution in [0.25, 0.3) is 10.8 Å². The zero-order valence-electron chi connectivity index (χ0n) is 14.9. The van der Waals surface area contributed by atoms with Crippen LogP contribution in [0, 0.1) is 0 Å². The molecule has 8 nitrogen and oxygen atoms in total. The number of amides is 3. The fourth-order valence-corrected chi connectivity index (χ4v) is 3.06. The number of rotatable bonds is 5. The first kappa shape index (κ1) is 18.7. The van der Waals surface area contributed by atoms with Gasteiger partial charge in [0.15, 0.2) is 6.61 Å². The van der Waals surface area contributed by atoms with Crippen molar-refractivity contribution in [1.82, 2.24) is 15.2 Å². The Hall–Kier alpha value is -3.13. The van der Waals surface area contributed by atoms with Crippen LogP contribution in [-0.2, 0) is 14.4 Å². The van der Waals surface area contributed by atoms with Gasteiger partial charge in [0.25, 0.3) is 5.91 Å². The number of piperazine rings is 1. The second-order valence-corrected chi connectivity index (χ2v) is 6.27. The van der Waals surface area contributed by atoms with Gasteiger partial charge in [-0.1, -0.05) is 36.4 Å². The first-order valence-electron chi connectivity index (χ1n) is 8.74. The number of hydrazine groups is 1. The molecule has 0 saturated carbocycles. The summed E-state index contributed by atoms with van der Waals surface area (Å²) in [7, 11) is 0. The van der Waals surface area contributed by atoms with E-state index in [0.29, 0.717) is 31.9 Å². The standard InChI is InChI=1S/C19H22N4O4/c20-21-17(24)12-18(25)22-8-10-23(11-9-22)19(26)13-27-16-7-3-5-14-4-1-2-6-15(14)16/h1-7H,8-13,20H2,(H,21,24). The SMILES string of the molecule is NNC(=O)CC(=O)N1CCN(C(=O)COc2cccc3ccccc23)CC1. The van der Waals surface area contributed by atoms with Crippen LogP contribution in [0.5, 0.6) is 5.75 Å². The normalized spacial score (nSPS) is 14.1. The molecule has 1 heterocycles. The van der Waals surface area contributed by atoms with Gasteiger partial charge in [0.2, 0.25) is 11.8 Å². The second-order valence-electron chi connectivity index (χ2n) is 6.27. The minimum absolute atomic E-state index is 0.0580. The Balaban J connectivity index is 1.51. The number of carbonyl (C=O) groups excluding carboxylic acids is 3. The van der Waals surface area contributed by atoms with E-state index < -0.39 is 5.91 Å². The highest BCUT2D eigenvalue weighted by molar-refractivity contribution is 5.96. The van der Waals surface area contributed by atoms with E-state index >= 15 is 0 Å². The molecule has 0 bridgehead atoms. The van der Waals surface area contributed by atoms with Gasteiger partial charge in [0.1, 0.15) is 12.2 Å². The summed E-state index contributed by atoms with van der Waals surface area (Å²) in [6, 6.07) is 13.6. The van der Waals surface area contributed by atoms with Crippen molar-refractivity contribution in [2.24, 2.45) is 5.84 Å². The Bertz CT molecular complexity index is 841. The fraction of sp³-hybridized carbons (Fsp3) is 0.316. The molecule has 1 saturated heterocycles. The molecule has 1 aliphatic heterocycles. The third-order valence-corrected chi connectivity index (χ3v) is 4.56. The number of nitrogens with zero attached hydrogens (tertiary/aromatic N) is 2. The van der Waals surface area contributed by atoms with Gasteiger partial charge in [0.05, 0.1) is 0 Å². The van der Waals surface area contributed by atoms with E-state index in [9.17, 15) is 14.4 Å². The van der Waals surface area contributed by atoms with E-state index in [-0.39, 0.29) is 24.8 Å². The molecule has 1 fully saturated rings. The topological polar surface area (TPSA) is 105 Å². The van der Waals surface area contributed by atoms with Gasteiger partial charge in [-0.2, -0.15) is 0 Å². The summed E-state index contributed by atoms with van der Waals surface area (Å²) >= 11 is 0. The molecule has 3 N–H and O–H groups in total. The molecule has 0 spiro atoms. The van der Waals surface area contributed by atoms with E-state index in [0.717, 1.165) is 10.8 Å². The Morgan fingerprint density at radius 3 is 2.26 bits per heavy atom. The Morgan fingerprint density at radius 2 is 1.56 bits per heavy atom. The monoisotopic (exact) mass is 370 g/mol. The van der Waals surface area contributed by atoms with E-state index in [1.54, 1.807) is 9.80 Å². The summed E-state index contributed by atoms with van der Waals surface area (Å²) in [6.07, 6.45) is -0.283. The number of benzene rings is 2. The molecule has 0 radical (unpaired) electrons. The lowest BCUT2D eigenvalue weighted by Crippen LogP contribution is -2.52. The molecule has 0 unspecified atom stereocenters. The minimum atomic E-state index is -0.526. The Labute approximate surface area is 156 Å². The zero-order valence-corrected chi connectivity index (χ0v) is 14.9. The molecule has 1 aliphatic rings. The van der Waals surface area contributed by atoms with Crippen LogP contribution >= 0.6 is 0 Å². The summed E-state index contributed by atoms with van der Waals surface area (Å²) in [5.74, 6) is 4.71. The number of nitrogens with one attached hydrogen (secondary N) is 1. The van der Waals surface area contributed by atoms with Gasteiger partial charge in [-0.05, 0) is 11.5 Å². The maximum Gasteiger partial charge on any atom is 0.260 e. The molecule has 2 aromatic carbocycles. The molecular formula is C19H22N4O4. The lowest BCUT2D eigenvalue weighted by Gasteiger charge is -2.34. The smallest absolute Gasteiger partial charge is 0.260 e. The van der Waals surface area contributed by atoms with Gasteiger partial charge < -0.3 is 14.5 Å². The van der Waals surface area contributed by atoms with Crippen molar-refractivity contribution in [2.45, 2.75) is 6.42 Å². The van der Waals surface area contributed by atoms with E-state index in [1.165, 1.54) is 0 Å². The largest absolute Gasteiger partial charge is 0.483 e. The summed E-state index contributed by atoms with van der Waals surface area (Å²) in [5.41, 5.74) is 1.94. The van der Waals surface area contributed by atoms with Crippen molar-refractivity contribution in [3.8, 4) is 5.75 Å². The molecule has 8 heteroatoms. The molecule has 0 atom stereocenters. The lowest BCUT2D eigenvalue weighted by molar-refractivity contribution is -0.142. The van der Waals surface area contributed by atoms with E-state index in [2.05, 4.69) is 0 Å². The summed E-state index contributed by atoms with van der Waals surface area (Å²) < 4.78 is 5.74. The molecule has 3 amide bonds. The number of fused-ring (bicyclic) bond motifs is 1. The average Bonchev–Trinajstić information content (AvgIpc) is 2.71. The number of ether oxygens (including phenoxy) is 1. The van der Waals surface area contributed by atoms with Gasteiger partial charge in [-0.3, -0.25) is 19.8 Å². The first-order chi connectivity index (χ1) is 13.1. The highest BCUT2D eigenvalue weighted by Gasteiger charge is 2.25. The van der Waals surface area contributed by atoms with Gasteiger partial charge in [-0.15, -0.1) is 0 Å². The highest BCUT2D eigenvalue weighted by Crippen LogP contribution is 2.25. The van der Waals surface area contributed by atoms with Crippen molar-refractivity contribution < 1.29 is 19.1 Å². The van der Waals surface area contributed by atoms with Crippen LogP contribution in [0.3, 0.4) is 0 Å². The van der Waals surface area contributed by atoms with Crippen molar-refractivity contribution in [3.05, 3.63) is 42.5 Å². The van der Waals surface area contributed by atoms with Crippen molar-refractivity contribution >= 4 is 28.5 Å². The average molecular weight is 370 g/mol. The van der Waals surface area contributed by atoms with E-state index in [1.807, 2.05) is 47.9 Å². The molecule has 142 valence electrons. The third kappa shape index (κ3) is 4.53. The van der Waals surface area contributed by atoms with Crippen molar-refractivity contribution in [3.63, 3.8) is 0 Å². The molecule has 3 rings (SSSR count). The number of carbonyl (C=O) groups is 3. The van der Waals surface area contributed by atoms with Gasteiger partial charge in [0, 0.05) is 31.6 Å². The van der Waals surface area contributed by atoms with Crippen LogP contribution in [-0.4, -0.2) is 60.3 Å². The van der Waals surface area contributed by atoms with Crippen molar-refractivity contribution in [1.29, 1.82) is 0 Å². The van der Waals surface area contributed by atoms with E-state index in [4.69, 9.17) is 10.6 Å². The minimum Gasteiger partial charge on any atom is -0.483 e. The molecule has 2 aromatic rings. The van der Waals surface area contributed by atoms with Crippen LogP contribution in [0.2, 0.25) is 0 Å². The molecule has 0 aliphatic carbocycles. The maximum absolute atomic E-state index is 12.4. The highest BCUT2D eigenvalue weighted by atomic mass is 16.5. The number of hydrogen-bond acceptors (Lipinski definition) is 5. The van der Waals surface area contributed by atoms with Crippen molar-refractivity contribution in [2.75, 3.05) is 32.8 Å². The second kappa shape index (κ2) is 8.50. The Kier molecular flexibility index (Phi) is 5.87. The summed E-state index contributed by atoms with van der Waals surface area (Å²) in [5, 5.41) is 2.01. The van der Waals surface area contributed by atoms with Crippen LogP contribution in [0.15, 0.2) is 42.5 Å². The predicted octanol–water partition coefficient (Wildman–Crippen LogP) is 0.269. The van der Waals surface area contributed by atoms with Gasteiger partial charge in [-0.25, -0.2) is 5.84 Å². The summed E-state index contributed by atoms with van der Waals surface area (Å²) in [6.45, 7) is 1.53. The Morgan fingerprint density at radius 1 is 0.926 bits per heavy atom. The first-order valence-corrected chi connectivity index (χ1v) is 8.74. The maximum atomic E-state index is 12.4.